The first kappa shape index (κ1) is 24.1. The number of aryl methyl sites for hydroxylation is 1. The fraction of sp³-hybridized carbons (Fsp3) is 0.238. The van der Waals surface area contributed by atoms with Crippen molar-refractivity contribution in [2.75, 3.05) is 32.2 Å². The monoisotopic (exact) mass is 495 g/mol. The number of rotatable bonds is 10. The third-order valence-corrected chi connectivity index (χ3v) is 6.76. The Balaban J connectivity index is 1.59. The SMILES string of the molecule is COCCNS(=O)(=O)c1ccc(OCC(=O)Nc2cccc(-c3csc(C)n3)c2)c(Cl)c1. The van der Waals surface area contributed by atoms with E-state index in [9.17, 15) is 13.2 Å². The summed E-state index contributed by atoms with van der Waals surface area (Å²) in [6.45, 7) is 2.02. The quantitative estimate of drug-likeness (QED) is 0.415. The summed E-state index contributed by atoms with van der Waals surface area (Å²) in [7, 11) is -2.24. The predicted molar refractivity (Wildman–Crippen MR) is 125 cm³/mol. The van der Waals surface area contributed by atoms with Crippen molar-refractivity contribution in [3.63, 3.8) is 0 Å². The molecule has 32 heavy (non-hydrogen) atoms. The van der Waals surface area contributed by atoms with E-state index in [0.717, 1.165) is 16.3 Å². The first-order chi connectivity index (χ1) is 15.3. The molecule has 0 fully saturated rings. The van der Waals surface area contributed by atoms with E-state index in [1.165, 1.54) is 25.3 Å². The molecule has 2 aromatic carbocycles. The van der Waals surface area contributed by atoms with Crippen molar-refractivity contribution in [2.24, 2.45) is 0 Å². The van der Waals surface area contributed by atoms with Crippen LogP contribution in [0, 0.1) is 6.92 Å². The zero-order valence-electron chi connectivity index (χ0n) is 17.4. The number of benzene rings is 2. The molecule has 1 aromatic heterocycles. The molecular formula is C21H22ClN3O5S2. The molecule has 8 nitrogen and oxygen atoms in total. The number of methoxy groups -OCH3 is 1. The molecular weight excluding hydrogens is 474 g/mol. The Morgan fingerprint density at radius 3 is 2.72 bits per heavy atom. The molecule has 11 heteroatoms. The highest BCUT2D eigenvalue weighted by atomic mass is 35.5. The summed E-state index contributed by atoms with van der Waals surface area (Å²) < 4.78 is 37.2. The van der Waals surface area contributed by atoms with Gasteiger partial charge in [-0.1, -0.05) is 23.7 Å². The van der Waals surface area contributed by atoms with Gasteiger partial charge in [0.05, 0.1) is 27.2 Å². The van der Waals surface area contributed by atoms with Crippen molar-refractivity contribution in [2.45, 2.75) is 11.8 Å². The lowest BCUT2D eigenvalue weighted by Crippen LogP contribution is -2.27. The molecule has 170 valence electrons. The number of sulfonamides is 1. The molecule has 1 heterocycles. The van der Waals surface area contributed by atoms with Crippen LogP contribution >= 0.6 is 22.9 Å². The second kappa shape index (κ2) is 10.9. The van der Waals surface area contributed by atoms with Gasteiger partial charge >= 0.3 is 0 Å². The number of carbonyl (C=O) groups is 1. The van der Waals surface area contributed by atoms with Crippen LogP contribution in [0.4, 0.5) is 5.69 Å². The topological polar surface area (TPSA) is 107 Å². The van der Waals surface area contributed by atoms with Gasteiger partial charge in [-0.25, -0.2) is 18.1 Å². The number of hydrogen-bond donors (Lipinski definition) is 2. The third-order valence-electron chi connectivity index (χ3n) is 4.23. The number of nitrogens with one attached hydrogen (secondary N) is 2. The zero-order valence-corrected chi connectivity index (χ0v) is 19.8. The highest BCUT2D eigenvalue weighted by Gasteiger charge is 2.16. The van der Waals surface area contributed by atoms with Crippen LogP contribution in [0.15, 0.2) is 52.7 Å². The van der Waals surface area contributed by atoms with E-state index >= 15 is 0 Å². The first-order valence-corrected chi connectivity index (χ1v) is 12.3. The molecule has 0 atom stereocenters. The van der Waals surface area contributed by atoms with Gasteiger partial charge in [0.1, 0.15) is 5.75 Å². The van der Waals surface area contributed by atoms with E-state index in [1.54, 1.807) is 17.4 Å². The van der Waals surface area contributed by atoms with Crippen LogP contribution in [-0.2, 0) is 19.6 Å². The van der Waals surface area contributed by atoms with Crippen LogP contribution in [0.2, 0.25) is 5.02 Å². The Morgan fingerprint density at radius 1 is 1.22 bits per heavy atom. The minimum absolute atomic E-state index is 0.00973. The summed E-state index contributed by atoms with van der Waals surface area (Å²) in [5.41, 5.74) is 2.35. The van der Waals surface area contributed by atoms with Gasteiger partial charge in [-0.3, -0.25) is 4.79 Å². The molecule has 1 amide bonds. The van der Waals surface area contributed by atoms with E-state index in [4.69, 9.17) is 21.1 Å². The van der Waals surface area contributed by atoms with E-state index < -0.39 is 10.0 Å². The van der Waals surface area contributed by atoms with Gasteiger partial charge in [0.15, 0.2) is 6.61 Å². The molecule has 0 radical (unpaired) electrons. The van der Waals surface area contributed by atoms with Gasteiger partial charge in [-0.2, -0.15) is 0 Å². The lowest BCUT2D eigenvalue weighted by molar-refractivity contribution is -0.118. The maximum Gasteiger partial charge on any atom is 0.262 e. The number of hydrogen-bond acceptors (Lipinski definition) is 7. The summed E-state index contributed by atoms with van der Waals surface area (Å²) in [5.74, 6) is -0.185. The van der Waals surface area contributed by atoms with Gasteiger partial charge in [-0.15, -0.1) is 11.3 Å². The molecule has 0 unspecified atom stereocenters. The minimum atomic E-state index is -3.72. The average Bonchev–Trinajstić information content (AvgIpc) is 3.19. The van der Waals surface area contributed by atoms with Crippen LogP contribution in [0.3, 0.4) is 0 Å². The summed E-state index contributed by atoms with van der Waals surface area (Å²) in [4.78, 5) is 16.7. The number of ether oxygens (including phenoxy) is 2. The largest absolute Gasteiger partial charge is 0.482 e. The van der Waals surface area contributed by atoms with Gasteiger partial charge in [0, 0.05) is 30.3 Å². The van der Waals surface area contributed by atoms with Crippen LogP contribution in [0.5, 0.6) is 5.75 Å². The Morgan fingerprint density at radius 2 is 2.03 bits per heavy atom. The fourth-order valence-corrected chi connectivity index (χ4v) is 4.68. The number of amides is 1. The maximum atomic E-state index is 12.3. The number of halogens is 1. The van der Waals surface area contributed by atoms with E-state index in [2.05, 4.69) is 15.0 Å². The Bertz CT molecular complexity index is 1200. The van der Waals surface area contributed by atoms with Crippen molar-refractivity contribution in [1.29, 1.82) is 0 Å². The normalized spacial score (nSPS) is 11.3. The molecule has 0 aliphatic rings. The molecule has 0 saturated carbocycles. The van der Waals surface area contributed by atoms with Gasteiger partial charge < -0.3 is 14.8 Å². The average molecular weight is 496 g/mol. The highest BCUT2D eigenvalue weighted by molar-refractivity contribution is 7.89. The number of nitrogens with zero attached hydrogens (tertiary/aromatic N) is 1. The molecule has 3 rings (SSSR count). The van der Waals surface area contributed by atoms with E-state index in [0.29, 0.717) is 5.69 Å². The summed E-state index contributed by atoms with van der Waals surface area (Å²) in [5, 5.41) is 5.76. The minimum Gasteiger partial charge on any atom is -0.482 e. The molecule has 0 spiro atoms. The van der Waals surface area contributed by atoms with Crippen LogP contribution in [-0.4, -0.2) is 46.2 Å². The zero-order chi connectivity index (χ0) is 23.1. The van der Waals surface area contributed by atoms with Crippen LogP contribution < -0.4 is 14.8 Å². The van der Waals surface area contributed by atoms with E-state index in [-0.39, 0.29) is 41.3 Å². The smallest absolute Gasteiger partial charge is 0.262 e. The second-order valence-corrected chi connectivity index (χ2v) is 9.89. The molecule has 0 aliphatic heterocycles. The predicted octanol–water partition coefficient (Wildman–Crippen LogP) is 3.71. The summed E-state index contributed by atoms with van der Waals surface area (Å²) >= 11 is 7.71. The number of anilines is 1. The number of carbonyl (C=O) groups excluding carboxylic acids is 1. The maximum absolute atomic E-state index is 12.3. The van der Waals surface area contributed by atoms with Crippen molar-refractivity contribution >= 4 is 44.6 Å². The molecule has 0 saturated heterocycles. The van der Waals surface area contributed by atoms with E-state index in [1.807, 2.05) is 30.5 Å². The summed E-state index contributed by atoms with van der Waals surface area (Å²) in [6, 6.07) is 11.4. The Kier molecular flexibility index (Phi) is 8.21. The highest BCUT2D eigenvalue weighted by Crippen LogP contribution is 2.28. The van der Waals surface area contributed by atoms with Crippen molar-refractivity contribution in [3.05, 3.63) is 57.9 Å². The van der Waals surface area contributed by atoms with Crippen LogP contribution in [0.25, 0.3) is 11.3 Å². The standard InChI is InChI=1S/C21H22ClN3O5S2/c1-14-24-19(13-31-14)15-4-3-5-16(10-15)25-21(26)12-30-20-7-6-17(11-18(20)22)32(27,28)23-8-9-29-2/h3-7,10-11,13,23H,8-9,12H2,1-2H3,(H,25,26). The second-order valence-electron chi connectivity index (χ2n) is 6.65. The first-order valence-electron chi connectivity index (χ1n) is 9.52. The van der Waals surface area contributed by atoms with Crippen molar-refractivity contribution in [1.82, 2.24) is 9.71 Å². The molecule has 0 bridgehead atoms. The molecule has 3 aromatic rings. The summed E-state index contributed by atoms with van der Waals surface area (Å²) in [6.07, 6.45) is 0. The van der Waals surface area contributed by atoms with Gasteiger partial charge in [-0.05, 0) is 37.3 Å². The number of thiazole rings is 1. The van der Waals surface area contributed by atoms with Crippen molar-refractivity contribution in [3.8, 4) is 17.0 Å². The molecule has 2 N–H and O–H groups in total. The third kappa shape index (κ3) is 6.50. The van der Waals surface area contributed by atoms with Gasteiger partial charge in [0.25, 0.3) is 5.91 Å². The van der Waals surface area contributed by atoms with Crippen LogP contribution in [0.1, 0.15) is 5.01 Å². The number of aromatic nitrogens is 1. The lowest BCUT2D eigenvalue weighted by atomic mass is 10.1. The fourth-order valence-electron chi connectivity index (χ4n) is 2.72. The lowest BCUT2D eigenvalue weighted by Gasteiger charge is -2.11. The Hall–Kier alpha value is -2.50. The molecule has 0 aliphatic carbocycles. The van der Waals surface area contributed by atoms with Crippen molar-refractivity contribution < 1.29 is 22.7 Å². The Labute approximate surface area is 195 Å². The van der Waals surface area contributed by atoms with Gasteiger partial charge in [0.2, 0.25) is 10.0 Å².